The fraction of sp³-hybridized carbons (Fsp3) is 0.259. The van der Waals surface area contributed by atoms with Gasteiger partial charge in [-0.2, -0.15) is 8.42 Å². The standard InChI is InChI=1S/C27H29NO7S/c1-26(2,3)34-25(30)27(28,18-24(29)33-19-20-10-6-4-7-11-20)21-14-16-22(17-15-21)35-36(31,32)23-12-8-5-9-13-23/h4-17H,18-19,28H2,1-3H3. The number of nitrogens with two attached hydrogens (primary N) is 1. The van der Waals surface area contributed by atoms with Gasteiger partial charge in [-0.15, -0.1) is 0 Å². The molecule has 190 valence electrons. The van der Waals surface area contributed by atoms with Gasteiger partial charge >= 0.3 is 22.1 Å². The molecule has 0 aliphatic rings. The molecule has 1 atom stereocenters. The van der Waals surface area contributed by atoms with Crippen molar-refractivity contribution >= 4 is 22.1 Å². The van der Waals surface area contributed by atoms with Gasteiger partial charge in [0.05, 0.1) is 6.42 Å². The van der Waals surface area contributed by atoms with E-state index in [1.165, 1.54) is 36.4 Å². The molecule has 0 radical (unpaired) electrons. The third kappa shape index (κ3) is 7.16. The maximum absolute atomic E-state index is 13.1. The normalized spacial score (nSPS) is 13.3. The van der Waals surface area contributed by atoms with Crippen molar-refractivity contribution in [2.75, 3.05) is 0 Å². The first-order chi connectivity index (χ1) is 16.9. The number of rotatable bonds is 9. The third-order valence-electron chi connectivity index (χ3n) is 5.04. The van der Waals surface area contributed by atoms with E-state index in [0.29, 0.717) is 0 Å². The van der Waals surface area contributed by atoms with E-state index in [1.54, 1.807) is 51.1 Å². The number of benzene rings is 3. The third-order valence-corrected chi connectivity index (χ3v) is 6.30. The van der Waals surface area contributed by atoms with Gasteiger partial charge in [-0.05, 0) is 56.2 Å². The van der Waals surface area contributed by atoms with Crippen molar-refractivity contribution in [3.05, 3.63) is 96.1 Å². The lowest BCUT2D eigenvalue weighted by atomic mass is 9.87. The zero-order valence-corrected chi connectivity index (χ0v) is 21.2. The van der Waals surface area contributed by atoms with E-state index in [9.17, 15) is 18.0 Å². The van der Waals surface area contributed by atoms with Crippen LogP contribution in [0.1, 0.15) is 38.3 Å². The average molecular weight is 512 g/mol. The van der Waals surface area contributed by atoms with E-state index in [-0.39, 0.29) is 22.8 Å². The Morgan fingerprint density at radius 1 is 0.833 bits per heavy atom. The summed E-state index contributed by atoms with van der Waals surface area (Å²) < 4.78 is 41.0. The molecule has 0 saturated heterocycles. The fourth-order valence-electron chi connectivity index (χ4n) is 3.25. The molecule has 3 aromatic rings. The van der Waals surface area contributed by atoms with Gasteiger partial charge in [-0.25, -0.2) is 4.79 Å². The lowest BCUT2D eigenvalue weighted by molar-refractivity contribution is -0.166. The zero-order chi connectivity index (χ0) is 26.4. The minimum atomic E-state index is -4.05. The number of carbonyl (C=O) groups is 2. The topological polar surface area (TPSA) is 122 Å². The Labute approximate surface area is 211 Å². The molecule has 3 aromatic carbocycles. The van der Waals surface area contributed by atoms with E-state index in [4.69, 9.17) is 19.4 Å². The Bertz CT molecular complexity index is 1290. The summed E-state index contributed by atoms with van der Waals surface area (Å²) in [6, 6.07) is 22.3. The Hall–Kier alpha value is -3.69. The first kappa shape index (κ1) is 26.9. The van der Waals surface area contributed by atoms with Crippen LogP contribution < -0.4 is 9.92 Å². The van der Waals surface area contributed by atoms with E-state index in [0.717, 1.165) is 5.56 Å². The average Bonchev–Trinajstić information content (AvgIpc) is 2.83. The molecular formula is C27H29NO7S. The molecule has 0 saturated carbocycles. The van der Waals surface area contributed by atoms with Gasteiger partial charge in [0.25, 0.3) is 0 Å². The second-order valence-corrected chi connectivity index (χ2v) is 10.7. The lowest BCUT2D eigenvalue weighted by Gasteiger charge is -2.31. The molecule has 1 unspecified atom stereocenters. The van der Waals surface area contributed by atoms with Gasteiger partial charge in [0.1, 0.15) is 22.9 Å². The van der Waals surface area contributed by atoms with Gasteiger partial charge in [0.2, 0.25) is 0 Å². The van der Waals surface area contributed by atoms with Crippen LogP contribution in [0.25, 0.3) is 0 Å². The van der Waals surface area contributed by atoms with Gasteiger partial charge in [-0.1, -0.05) is 60.7 Å². The summed E-state index contributed by atoms with van der Waals surface area (Å²) in [5, 5.41) is 0. The monoisotopic (exact) mass is 511 g/mol. The van der Waals surface area contributed by atoms with Crippen LogP contribution in [-0.4, -0.2) is 26.0 Å². The molecule has 0 bridgehead atoms. The lowest BCUT2D eigenvalue weighted by Crippen LogP contribution is -2.50. The quantitative estimate of drug-likeness (QED) is 0.337. The SMILES string of the molecule is CC(C)(C)OC(=O)C(N)(CC(=O)OCc1ccccc1)c1ccc(OS(=O)(=O)c2ccccc2)cc1. The van der Waals surface area contributed by atoms with E-state index in [2.05, 4.69) is 0 Å². The van der Waals surface area contributed by atoms with Gasteiger partial charge < -0.3 is 19.4 Å². The highest BCUT2D eigenvalue weighted by Gasteiger charge is 2.42. The molecule has 3 rings (SSSR count). The van der Waals surface area contributed by atoms with Crippen molar-refractivity contribution in [2.24, 2.45) is 5.73 Å². The van der Waals surface area contributed by atoms with Crippen molar-refractivity contribution in [1.29, 1.82) is 0 Å². The fourth-order valence-corrected chi connectivity index (χ4v) is 4.20. The summed E-state index contributed by atoms with van der Waals surface area (Å²) in [6.07, 6.45) is -0.489. The summed E-state index contributed by atoms with van der Waals surface area (Å²) in [6.45, 7) is 5.08. The van der Waals surface area contributed by atoms with Crippen LogP contribution in [0.15, 0.2) is 89.8 Å². The number of hydrogen-bond acceptors (Lipinski definition) is 8. The minimum absolute atomic E-state index is 0.00263. The number of carbonyl (C=O) groups excluding carboxylic acids is 2. The van der Waals surface area contributed by atoms with Crippen LogP contribution in [0.3, 0.4) is 0 Å². The van der Waals surface area contributed by atoms with Crippen LogP contribution in [0.4, 0.5) is 0 Å². The van der Waals surface area contributed by atoms with Gasteiger partial charge in [-0.3, -0.25) is 4.79 Å². The maximum Gasteiger partial charge on any atom is 0.339 e. The van der Waals surface area contributed by atoms with Crippen LogP contribution >= 0.6 is 0 Å². The van der Waals surface area contributed by atoms with Crippen LogP contribution in [0.2, 0.25) is 0 Å². The highest BCUT2D eigenvalue weighted by Crippen LogP contribution is 2.29. The van der Waals surface area contributed by atoms with E-state index < -0.39 is 39.6 Å². The Morgan fingerprint density at radius 2 is 1.39 bits per heavy atom. The molecule has 0 heterocycles. The number of esters is 2. The van der Waals surface area contributed by atoms with Crippen LogP contribution in [0, 0.1) is 0 Å². The summed E-state index contributed by atoms with van der Waals surface area (Å²) in [5.41, 5.74) is 4.76. The molecule has 0 fully saturated rings. The predicted molar refractivity (Wildman–Crippen MR) is 133 cm³/mol. The van der Waals surface area contributed by atoms with Crippen molar-refractivity contribution < 1.29 is 31.7 Å². The van der Waals surface area contributed by atoms with Crippen molar-refractivity contribution in [3.63, 3.8) is 0 Å². The van der Waals surface area contributed by atoms with Crippen molar-refractivity contribution in [1.82, 2.24) is 0 Å². The highest BCUT2D eigenvalue weighted by molar-refractivity contribution is 7.87. The molecule has 36 heavy (non-hydrogen) atoms. The first-order valence-corrected chi connectivity index (χ1v) is 12.6. The summed E-state index contributed by atoms with van der Waals surface area (Å²) in [7, 11) is -4.05. The maximum atomic E-state index is 13.1. The molecule has 2 N–H and O–H groups in total. The summed E-state index contributed by atoms with van der Waals surface area (Å²) >= 11 is 0. The molecule has 0 aliphatic heterocycles. The highest BCUT2D eigenvalue weighted by atomic mass is 32.2. The molecule has 0 spiro atoms. The molecule has 0 aliphatic carbocycles. The molecule has 9 heteroatoms. The van der Waals surface area contributed by atoms with Crippen molar-refractivity contribution in [2.45, 2.75) is 49.8 Å². The second-order valence-electron chi connectivity index (χ2n) is 9.17. The number of ether oxygens (including phenoxy) is 2. The largest absolute Gasteiger partial charge is 0.461 e. The minimum Gasteiger partial charge on any atom is -0.461 e. The predicted octanol–water partition coefficient (Wildman–Crippen LogP) is 4.08. The zero-order valence-electron chi connectivity index (χ0n) is 20.3. The molecule has 0 aromatic heterocycles. The van der Waals surface area contributed by atoms with E-state index >= 15 is 0 Å². The van der Waals surface area contributed by atoms with Crippen LogP contribution in [0.5, 0.6) is 5.75 Å². The molecular weight excluding hydrogens is 482 g/mol. The summed E-state index contributed by atoms with van der Waals surface area (Å²) in [5.74, 6) is -1.50. The Balaban J connectivity index is 1.82. The van der Waals surface area contributed by atoms with Crippen LogP contribution in [-0.2, 0) is 41.3 Å². The first-order valence-electron chi connectivity index (χ1n) is 11.2. The van der Waals surface area contributed by atoms with Gasteiger partial charge in [0.15, 0.2) is 5.54 Å². The Kier molecular flexibility index (Phi) is 8.17. The number of hydrogen-bond donors (Lipinski definition) is 1. The smallest absolute Gasteiger partial charge is 0.339 e. The second kappa shape index (κ2) is 10.9. The van der Waals surface area contributed by atoms with Crippen molar-refractivity contribution in [3.8, 4) is 5.75 Å². The summed E-state index contributed by atoms with van der Waals surface area (Å²) in [4.78, 5) is 25.8. The van der Waals surface area contributed by atoms with E-state index in [1.807, 2.05) is 18.2 Å². The molecule has 0 amide bonds. The molecule has 8 nitrogen and oxygen atoms in total. The Morgan fingerprint density at radius 3 is 1.94 bits per heavy atom. The van der Waals surface area contributed by atoms with Gasteiger partial charge in [0, 0.05) is 0 Å².